The maximum absolute atomic E-state index is 12.2. The number of rotatable bonds is 8. The molecule has 0 atom stereocenters. The summed E-state index contributed by atoms with van der Waals surface area (Å²) < 4.78 is 12.4. The molecule has 0 aromatic carbocycles. The first-order valence-electron chi connectivity index (χ1n) is 14.5. The number of methoxy groups -OCH3 is 2. The normalized spacial score (nSPS) is 12.7. The molecule has 0 unspecified atom stereocenters. The molecular formula is C32H32Cl2Hg2N4O4. The van der Waals surface area contributed by atoms with Crippen molar-refractivity contribution in [2.75, 3.05) is 14.2 Å². The van der Waals surface area contributed by atoms with E-state index >= 15 is 0 Å². The predicted molar refractivity (Wildman–Crippen MR) is 169 cm³/mol. The van der Waals surface area contributed by atoms with Crippen LogP contribution in [0.2, 0.25) is 0 Å². The van der Waals surface area contributed by atoms with Crippen molar-refractivity contribution in [2.45, 2.75) is 53.4 Å². The Labute approximate surface area is 287 Å². The molecule has 8 bridgehead atoms. The summed E-state index contributed by atoms with van der Waals surface area (Å²) in [5, 5.41) is 0. The van der Waals surface area contributed by atoms with E-state index in [0.717, 1.165) is 72.7 Å². The van der Waals surface area contributed by atoms with Gasteiger partial charge in [-0.25, -0.2) is 0 Å². The minimum atomic E-state index is -1.88. The quantitative estimate of drug-likeness (QED) is 0.199. The second kappa shape index (κ2) is 14.2. The SMILES string of the molecule is COC(=O)CCC1=C(C)c2cc3[nH]c(cc4[nH]c(cc5nc(cc1n2)C(CCC(=O)OC)=C5C)[c]([Hg][Cl])c4C)[c]([Hg][Cl])c3C. The molecule has 12 heteroatoms. The monoisotopic (exact) mass is 1010 g/mol. The topological polar surface area (TPSA) is 110 Å². The Balaban J connectivity index is 1.88. The molecule has 5 rings (SSSR count). The number of hydrogen-bond donors (Lipinski definition) is 2. The van der Waals surface area contributed by atoms with Gasteiger partial charge >= 0.3 is 290 Å². The van der Waals surface area contributed by atoms with Crippen molar-refractivity contribution in [3.05, 3.63) is 58.2 Å². The Kier molecular flexibility index (Phi) is 10.8. The van der Waals surface area contributed by atoms with Crippen molar-refractivity contribution in [3.8, 4) is 0 Å². The van der Waals surface area contributed by atoms with E-state index in [-0.39, 0.29) is 24.8 Å². The summed E-state index contributed by atoms with van der Waals surface area (Å²) in [7, 11) is 16.2. The number of aryl methyl sites for hydroxylation is 2. The van der Waals surface area contributed by atoms with Crippen LogP contribution < -0.4 is 6.14 Å². The van der Waals surface area contributed by atoms with E-state index in [9.17, 15) is 9.59 Å². The van der Waals surface area contributed by atoms with Gasteiger partial charge in [-0.05, 0) is 0 Å². The molecule has 0 radical (unpaired) electrons. The van der Waals surface area contributed by atoms with Crippen LogP contribution in [-0.2, 0) is 65.7 Å². The van der Waals surface area contributed by atoms with Crippen LogP contribution in [-0.4, -0.2) is 46.1 Å². The third kappa shape index (κ3) is 6.60. The molecule has 8 nitrogen and oxygen atoms in total. The molecule has 0 saturated heterocycles. The first-order valence-corrected chi connectivity index (χ1v) is 33.5. The summed E-state index contributed by atoms with van der Waals surface area (Å²) in [5.74, 6) is -0.556. The summed E-state index contributed by atoms with van der Waals surface area (Å²) in [6.07, 6.45) is 1.42. The van der Waals surface area contributed by atoms with Gasteiger partial charge in [0.25, 0.3) is 0 Å². The van der Waals surface area contributed by atoms with E-state index in [2.05, 4.69) is 42.0 Å². The molecule has 0 saturated carbocycles. The molecule has 0 spiro atoms. The fraction of sp³-hybridized carbons (Fsp3) is 0.312. The molecule has 44 heavy (non-hydrogen) atoms. The van der Waals surface area contributed by atoms with E-state index in [1.807, 2.05) is 19.9 Å². The second-order valence-electron chi connectivity index (χ2n) is 11.1. The first-order chi connectivity index (χ1) is 21.1. The molecule has 3 aromatic rings. The Morgan fingerprint density at radius 2 is 1.07 bits per heavy atom. The summed E-state index contributed by atoms with van der Waals surface area (Å²) in [5.41, 5.74) is 13.4. The number of aromatic nitrogens is 4. The van der Waals surface area contributed by atoms with Gasteiger partial charge in [-0.15, -0.1) is 0 Å². The van der Waals surface area contributed by atoms with E-state index in [1.165, 1.54) is 25.9 Å². The molecule has 3 aromatic heterocycles. The number of aromatic amines is 2. The van der Waals surface area contributed by atoms with Gasteiger partial charge in [0.05, 0.1) is 0 Å². The third-order valence-corrected chi connectivity index (χ3v) is 22.5. The van der Waals surface area contributed by atoms with Crippen LogP contribution in [0.25, 0.3) is 44.4 Å². The second-order valence-corrected chi connectivity index (χ2v) is 23.3. The zero-order chi connectivity index (χ0) is 31.7. The first kappa shape index (κ1) is 33.4. The molecule has 2 aliphatic rings. The number of H-pyrrole nitrogens is 2. The van der Waals surface area contributed by atoms with Gasteiger partial charge in [0.15, 0.2) is 0 Å². The van der Waals surface area contributed by atoms with Crippen molar-refractivity contribution >= 4 is 78.9 Å². The molecule has 2 aliphatic heterocycles. The molecule has 2 N–H and O–H groups in total. The third-order valence-electron chi connectivity index (χ3n) is 8.68. The van der Waals surface area contributed by atoms with Crippen molar-refractivity contribution in [1.82, 2.24) is 19.9 Å². The average molecular weight is 1010 g/mol. The van der Waals surface area contributed by atoms with E-state index < -0.39 is 46.7 Å². The van der Waals surface area contributed by atoms with E-state index in [1.54, 1.807) is 0 Å². The van der Waals surface area contributed by atoms with Crippen LogP contribution in [0.4, 0.5) is 0 Å². The zero-order valence-electron chi connectivity index (χ0n) is 25.8. The number of ether oxygens (including phenoxy) is 2. The fourth-order valence-corrected chi connectivity index (χ4v) is 17.5. The Bertz CT molecular complexity index is 1910. The zero-order valence-corrected chi connectivity index (χ0v) is 38.3. The molecule has 0 fully saturated rings. The van der Waals surface area contributed by atoms with Crippen LogP contribution >= 0.6 is 16.5 Å². The fourth-order valence-electron chi connectivity index (χ4n) is 5.85. The number of nitrogens with zero attached hydrogens (tertiary/aromatic N) is 2. The van der Waals surface area contributed by atoms with Crippen molar-refractivity contribution in [3.63, 3.8) is 0 Å². The number of carbonyl (C=O) groups is 2. The Morgan fingerprint density at radius 1 is 0.659 bits per heavy atom. The molecule has 5 heterocycles. The van der Waals surface area contributed by atoms with Gasteiger partial charge in [0.2, 0.25) is 0 Å². The number of nitrogens with one attached hydrogen (secondary N) is 2. The van der Waals surface area contributed by atoms with Gasteiger partial charge in [0, 0.05) is 0 Å². The Hall–Kier alpha value is -2.01. The van der Waals surface area contributed by atoms with Crippen molar-refractivity contribution in [1.29, 1.82) is 0 Å². The van der Waals surface area contributed by atoms with Crippen molar-refractivity contribution < 1.29 is 65.7 Å². The summed E-state index contributed by atoms with van der Waals surface area (Å²) in [6.45, 7) is 8.31. The molecule has 0 aliphatic carbocycles. The summed E-state index contributed by atoms with van der Waals surface area (Å²) in [6, 6.07) is 8.30. The van der Waals surface area contributed by atoms with Gasteiger partial charge in [-0.3, -0.25) is 0 Å². The van der Waals surface area contributed by atoms with Gasteiger partial charge in [-0.1, -0.05) is 0 Å². The molecule has 0 amide bonds. The van der Waals surface area contributed by atoms with Crippen LogP contribution in [0, 0.1) is 13.8 Å². The maximum atomic E-state index is 12.2. The van der Waals surface area contributed by atoms with Crippen LogP contribution in [0.3, 0.4) is 0 Å². The number of hydrogen-bond acceptors (Lipinski definition) is 6. The van der Waals surface area contributed by atoms with E-state index in [0.29, 0.717) is 12.8 Å². The van der Waals surface area contributed by atoms with Gasteiger partial charge in [-0.2, -0.15) is 0 Å². The summed E-state index contributed by atoms with van der Waals surface area (Å²) in [4.78, 5) is 41.7. The van der Waals surface area contributed by atoms with E-state index in [4.69, 9.17) is 35.9 Å². The number of fused-ring (bicyclic) bond motifs is 8. The standard InChI is InChI=1S/C32H32N4O4.2ClH.2Hg/c1-17-11-22-14-27-19(3)23(7-9-31(37)39-5)29(35-27)16-30-24(8-10-32(38)40-6)20(4)28(36-30)15-26-18(2)12-21(34-26)13-25(17)33-22;;;;/h13-16,33-34H,7-10H2,1-6H3;2*1H;;/q;;;2*+1/p-2. The molecular weight excluding hydrogens is 976 g/mol. The number of allylic oxidation sites excluding steroid dienone is 4. The Morgan fingerprint density at radius 3 is 1.50 bits per heavy atom. The number of carbonyl (C=O) groups excluding carboxylic acids is 2. The predicted octanol–water partition coefficient (Wildman–Crippen LogP) is 6.42. The number of halogens is 2. The van der Waals surface area contributed by atoms with Crippen LogP contribution in [0.5, 0.6) is 0 Å². The number of esters is 2. The van der Waals surface area contributed by atoms with Gasteiger partial charge < -0.3 is 0 Å². The average Bonchev–Trinajstić information content (AvgIpc) is 3.67. The van der Waals surface area contributed by atoms with Crippen molar-refractivity contribution in [2.24, 2.45) is 0 Å². The van der Waals surface area contributed by atoms with Gasteiger partial charge in [0.1, 0.15) is 0 Å². The van der Waals surface area contributed by atoms with Crippen LogP contribution in [0.1, 0.15) is 73.4 Å². The minimum absolute atomic E-state index is 0.234. The van der Waals surface area contributed by atoms with Crippen LogP contribution in [0.15, 0.2) is 24.3 Å². The molecule has 222 valence electrons. The summed E-state index contributed by atoms with van der Waals surface area (Å²) >= 11 is -3.73.